The second kappa shape index (κ2) is 20.2. The van der Waals surface area contributed by atoms with E-state index in [1.54, 1.807) is 12.2 Å². The minimum absolute atomic E-state index is 0.0157. The standard InChI is InChI=1S/C76H78BN3O.C4H6/c1-45-36-48(47-22-33-57-56-20-18-19-21-68(56)81-69(57)38-47)37-46(2)71(45)80-65-44-63-59(58-39-51(74(9,10)11)28-35-62(58)78(63)54-29-23-49(24-30-54)72(3,4)5)43-61(65)77-60-34-27-52(75(12,13)14)40-64(60)79(55-31-25-50(26-32-55)73(6,7)8)66-41-53(76(15,16)17)42-67(80)70(66)77;1-3-4-2/h18-44H,1-17H3;3-4H,1-2H2. The summed E-state index contributed by atoms with van der Waals surface area (Å²) in [5.74, 6) is 0. The minimum atomic E-state index is -0.175. The number of anilines is 6. The largest absolute Gasteiger partial charge is 0.456 e. The number of benzene rings is 9. The van der Waals surface area contributed by atoms with Crippen LogP contribution in [0.25, 0.3) is 60.6 Å². The molecule has 0 saturated carbocycles. The molecule has 0 N–H and O–H groups in total. The van der Waals surface area contributed by atoms with Crippen molar-refractivity contribution in [1.29, 1.82) is 0 Å². The van der Waals surface area contributed by atoms with Crippen LogP contribution in [-0.4, -0.2) is 11.3 Å². The van der Waals surface area contributed by atoms with Crippen LogP contribution in [0, 0.1) is 13.8 Å². The molecule has 9 aromatic carbocycles. The van der Waals surface area contributed by atoms with Gasteiger partial charge in [-0.05, 0) is 198 Å². The summed E-state index contributed by atoms with van der Waals surface area (Å²) in [6.45, 7) is 46.3. The molecular weight excluding hydrogens is 1030 g/mol. The highest BCUT2D eigenvalue weighted by Crippen LogP contribution is 2.50. The summed E-state index contributed by atoms with van der Waals surface area (Å²) in [6.07, 6.45) is 3.28. The van der Waals surface area contributed by atoms with Crippen molar-refractivity contribution in [3.8, 4) is 16.8 Å². The van der Waals surface area contributed by atoms with Crippen molar-refractivity contribution in [1.82, 2.24) is 4.57 Å². The van der Waals surface area contributed by atoms with Crippen LogP contribution in [-0.2, 0) is 27.1 Å². The van der Waals surface area contributed by atoms with Crippen molar-refractivity contribution in [2.75, 3.05) is 9.80 Å². The van der Waals surface area contributed by atoms with Gasteiger partial charge in [0.2, 0.25) is 0 Å². The van der Waals surface area contributed by atoms with Gasteiger partial charge in [-0.3, -0.25) is 0 Å². The Labute approximate surface area is 506 Å². The Morgan fingerprint density at radius 2 is 0.871 bits per heavy atom. The maximum Gasteiger partial charge on any atom is 0.252 e. The van der Waals surface area contributed by atoms with Gasteiger partial charge in [-0.1, -0.05) is 202 Å². The number of rotatable bonds is 5. The molecule has 0 fully saturated rings. The molecule has 2 aliphatic rings. The highest BCUT2D eigenvalue weighted by atomic mass is 16.3. The molecule has 2 aromatic heterocycles. The van der Waals surface area contributed by atoms with Crippen LogP contribution in [0.5, 0.6) is 0 Å². The van der Waals surface area contributed by atoms with Gasteiger partial charge >= 0.3 is 0 Å². The summed E-state index contributed by atoms with van der Waals surface area (Å²) in [4.78, 5) is 5.29. The van der Waals surface area contributed by atoms with Gasteiger partial charge in [0.25, 0.3) is 6.71 Å². The van der Waals surface area contributed by atoms with E-state index in [2.05, 4.69) is 303 Å². The number of para-hydroxylation sites is 1. The van der Waals surface area contributed by atoms with Crippen LogP contribution in [0.4, 0.5) is 34.1 Å². The van der Waals surface area contributed by atoms with Crippen LogP contribution in [0.15, 0.2) is 194 Å². The monoisotopic (exact) mass is 1110 g/mol. The fourth-order valence-electron chi connectivity index (χ4n) is 13.3. The summed E-state index contributed by atoms with van der Waals surface area (Å²) >= 11 is 0. The van der Waals surface area contributed by atoms with Crippen molar-refractivity contribution in [2.45, 2.75) is 145 Å². The molecule has 0 spiro atoms. The fourth-order valence-corrected chi connectivity index (χ4v) is 13.3. The smallest absolute Gasteiger partial charge is 0.252 e. The first-order chi connectivity index (χ1) is 40.0. The second-order valence-corrected chi connectivity index (χ2v) is 29.4. The molecule has 428 valence electrons. The quantitative estimate of drug-likeness (QED) is 0.127. The highest BCUT2D eigenvalue weighted by molar-refractivity contribution is 7.00. The normalized spacial score (nSPS) is 13.5. The number of aryl methyl sites for hydroxylation is 2. The fraction of sp³-hybridized carbons (Fsp3) is 0.275. The van der Waals surface area contributed by atoms with E-state index in [0.29, 0.717) is 0 Å². The maximum absolute atomic E-state index is 6.49. The lowest BCUT2D eigenvalue weighted by molar-refractivity contribution is 0.589. The number of nitrogens with zero attached hydrogens (tertiary/aromatic N) is 3. The van der Waals surface area contributed by atoms with Gasteiger partial charge in [-0.25, -0.2) is 0 Å². The highest BCUT2D eigenvalue weighted by Gasteiger charge is 2.45. The van der Waals surface area contributed by atoms with Gasteiger partial charge in [0, 0.05) is 55.7 Å². The van der Waals surface area contributed by atoms with Crippen LogP contribution < -0.4 is 26.2 Å². The van der Waals surface area contributed by atoms with Gasteiger partial charge in [0.05, 0.1) is 16.7 Å². The zero-order chi connectivity index (χ0) is 60.6. The van der Waals surface area contributed by atoms with E-state index < -0.39 is 0 Å². The third kappa shape index (κ3) is 9.82. The Balaban J connectivity index is 0.00000172. The molecule has 0 aliphatic carbocycles. The number of fused-ring (bicyclic) bond motifs is 10. The summed E-state index contributed by atoms with van der Waals surface area (Å²) in [5.41, 5.74) is 27.8. The Morgan fingerprint density at radius 1 is 0.376 bits per heavy atom. The van der Waals surface area contributed by atoms with Crippen molar-refractivity contribution in [3.63, 3.8) is 0 Å². The number of hydrogen-bond donors (Lipinski definition) is 0. The Morgan fingerprint density at radius 3 is 1.46 bits per heavy atom. The molecule has 0 bridgehead atoms. The number of aromatic nitrogens is 1. The third-order valence-corrected chi connectivity index (χ3v) is 18.1. The van der Waals surface area contributed by atoms with E-state index in [1.807, 2.05) is 6.07 Å². The SMILES string of the molecule is C=CC=C.Cc1cc(-c2ccc3c(c2)oc2ccccc23)cc(C)c1N1c2cc3c(cc2B2c4ccc(C(C)(C)C)cc4N(c4ccc(C(C)(C)C)cc4)c4cc(C(C)(C)C)cc1c42)c1cc(C(C)(C)C)ccc1n3-c1ccc(C(C)(C)C)cc1. The maximum atomic E-state index is 6.49. The molecule has 0 atom stereocenters. The summed E-state index contributed by atoms with van der Waals surface area (Å²) < 4.78 is 9.03. The first-order valence-electron chi connectivity index (χ1n) is 30.6. The lowest BCUT2D eigenvalue weighted by atomic mass is 9.33. The van der Waals surface area contributed by atoms with Crippen molar-refractivity contribution >= 4 is 101 Å². The molecular formula is C80H84BN3O. The Hall–Kier alpha value is -8.28. The molecule has 4 nitrogen and oxygen atoms in total. The van der Waals surface area contributed by atoms with E-state index >= 15 is 0 Å². The van der Waals surface area contributed by atoms with Crippen LogP contribution >= 0.6 is 0 Å². The molecule has 4 heterocycles. The van der Waals surface area contributed by atoms with Gasteiger partial charge in [0.1, 0.15) is 11.2 Å². The van der Waals surface area contributed by atoms with E-state index in [-0.39, 0.29) is 33.8 Å². The molecule has 0 amide bonds. The van der Waals surface area contributed by atoms with Crippen molar-refractivity contribution < 1.29 is 4.42 Å². The molecule has 13 rings (SSSR count). The van der Waals surface area contributed by atoms with Crippen LogP contribution in [0.3, 0.4) is 0 Å². The van der Waals surface area contributed by atoms with Gasteiger partial charge in [0.15, 0.2) is 0 Å². The molecule has 0 saturated heterocycles. The molecule has 11 aromatic rings. The lowest BCUT2D eigenvalue weighted by Gasteiger charge is -2.46. The summed E-state index contributed by atoms with van der Waals surface area (Å²) in [7, 11) is 0. The second-order valence-electron chi connectivity index (χ2n) is 29.4. The average molecular weight is 1110 g/mol. The van der Waals surface area contributed by atoms with Crippen LogP contribution in [0.2, 0.25) is 0 Å². The zero-order valence-electron chi connectivity index (χ0n) is 53.5. The van der Waals surface area contributed by atoms with Gasteiger partial charge in [-0.15, -0.1) is 0 Å². The van der Waals surface area contributed by atoms with Crippen molar-refractivity contribution in [3.05, 3.63) is 228 Å². The van der Waals surface area contributed by atoms with Gasteiger partial charge < -0.3 is 18.8 Å². The number of hydrogen-bond acceptors (Lipinski definition) is 3. The first kappa shape index (κ1) is 57.2. The zero-order valence-corrected chi connectivity index (χ0v) is 53.5. The van der Waals surface area contributed by atoms with E-state index in [4.69, 9.17) is 4.42 Å². The predicted molar refractivity (Wildman–Crippen MR) is 371 cm³/mol. The number of allylic oxidation sites excluding steroid dienone is 2. The predicted octanol–water partition coefficient (Wildman–Crippen LogP) is 20.9. The molecule has 0 unspecified atom stereocenters. The molecule has 0 radical (unpaired) electrons. The van der Waals surface area contributed by atoms with E-state index in [1.165, 1.54) is 117 Å². The third-order valence-electron chi connectivity index (χ3n) is 18.1. The summed E-state index contributed by atoms with van der Waals surface area (Å²) in [6, 6.07) is 63.6. The van der Waals surface area contributed by atoms with E-state index in [0.717, 1.165) is 33.2 Å². The lowest BCUT2D eigenvalue weighted by Crippen LogP contribution is -2.61. The molecule has 5 heteroatoms. The molecule has 2 aliphatic heterocycles. The van der Waals surface area contributed by atoms with E-state index in [9.17, 15) is 0 Å². The first-order valence-corrected chi connectivity index (χ1v) is 30.6. The van der Waals surface area contributed by atoms with Gasteiger partial charge in [-0.2, -0.15) is 0 Å². The Bertz CT molecular complexity index is 4460. The average Bonchev–Trinajstić information content (AvgIpc) is 1.54. The number of furan rings is 1. The minimum Gasteiger partial charge on any atom is -0.456 e. The Kier molecular flexibility index (Phi) is 13.6. The summed E-state index contributed by atoms with van der Waals surface area (Å²) in [5, 5.41) is 4.83. The van der Waals surface area contributed by atoms with Crippen molar-refractivity contribution in [2.24, 2.45) is 0 Å². The molecule has 85 heavy (non-hydrogen) atoms. The van der Waals surface area contributed by atoms with Crippen LogP contribution in [0.1, 0.15) is 143 Å². The topological polar surface area (TPSA) is 24.6 Å².